The van der Waals surface area contributed by atoms with Gasteiger partial charge in [-0.1, -0.05) is 0 Å². The van der Waals surface area contributed by atoms with Crippen molar-refractivity contribution in [3.8, 4) is 5.75 Å². The van der Waals surface area contributed by atoms with Gasteiger partial charge in [0.05, 0.1) is 6.20 Å². The van der Waals surface area contributed by atoms with E-state index in [9.17, 15) is 22.4 Å². The van der Waals surface area contributed by atoms with Gasteiger partial charge in [-0.25, -0.2) is 14.4 Å². The highest BCUT2D eigenvalue weighted by molar-refractivity contribution is 6.02. The summed E-state index contributed by atoms with van der Waals surface area (Å²) in [4.78, 5) is 19.9. The third-order valence-corrected chi connectivity index (χ3v) is 5.18. The van der Waals surface area contributed by atoms with E-state index in [1.807, 2.05) is 0 Å². The Labute approximate surface area is 190 Å². The molecule has 184 valence electrons. The normalized spacial score (nSPS) is 21.3. The Bertz CT molecular complexity index is 1120. The second-order valence-corrected chi connectivity index (χ2v) is 8.14. The number of ether oxygens (including phenoxy) is 2. The number of pyridine rings is 1. The fraction of sp³-hybridized carbons (Fsp3) is 0.381. The van der Waals surface area contributed by atoms with Gasteiger partial charge in [-0.2, -0.15) is 22.0 Å². The van der Waals surface area contributed by atoms with E-state index in [1.165, 1.54) is 0 Å². The maximum atomic E-state index is 15.3. The lowest BCUT2D eigenvalue weighted by Gasteiger charge is -2.46. The molecule has 2 heterocycles. The highest BCUT2D eigenvalue weighted by atomic mass is 19.4. The van der Waals surface area contributed by atoms with Crippen LogP contribution in [0.15, 0.2) is 41.5 Å². The SMILES string of the molecule is CC1(C)OC(N)=N[C@](C)(c2cc(NC(=O)c3ccc(OCC(F)(F)F)cn3)ccc2F)C1(F)F. The summed E-state index contributed by atoms with van der Waals surface area (Å²) < 4.78 is 91.3. The van der Waals surface area contributed by atoms with Gasteiger partial charge in [-0.3, -0.25) is 4.79 Å². The molecule has 2 aromatic rings. The van der Waals surface area contributed by atoms with Crippen LogP contribution in [0.5, 0.6) is 5.75 Å². The van der Waals surface area contributed by atoms with E-state index < -0.39 is 53.2 Å². The third-order valence-electron chi connectivity index (χ3n) is 5.18. The summed E-state index contributed by atoms with van der Waals surface area (Å²) in [6.07, 6.45) is -3.63. The lowest BCUT2D eigenvalue weighted by Crippen LogP contribution is -2.62. The third kappa shape index (κ3) is 4.73. The number of carbonyl (C=O) groups is 1. The van der Waals surface area contributed by atoms with Crippen molar-refractivity contribution in [1.82, 2.24) is 4.98 Å². The summed E-state index contributed by atoms with van der Waals surface area (Å²) in [7, 11) is 0. The minimum atomic E-state index is -4.54. The molecule has 1 amide bonds. The molecule has 0 bridgehead atoms. The molecule has 0 radical (unpaired) electrons. The van der Waals surface area contributed by atoms with E-state index >= 15 is 8.78 Å². The highest BCUT2D eigenvalue weighted by Gasteiger charge is 2.66. The molecule has 0 saturated carbocycles. The van der Waals surface area contributed by atoms with Crippen molar-refractivity contribution >= 4 is 17.6 Å². The van der Waals surface area contributed by atoms with Crippen LogP contribution in [0, 0.1) is 5.82 Å². The number of anilines is 1. The van der Waals surface area contributed by atoms with E-state index in [0.717, 1.165) is 57.3 Å². The van der Waals surface area contributed by atoms with Crippen LogP contribution in [0.25, 0.3) is 0 Å². The first kappa shape index (κ1) is 25.1. The number of halogens is 6. The molecule has 13 heteroatoms. The number of alkyl halides is 5. The average Bonchev–Trinajstić information content (AvgIpc) is 2.71. The zero-order valence-electron chi connectivity index (χ0n) is 18.1. The molecule has 0 aliphatic carbocycles. The van der Waals surface area contributed by atoms with E-state index in [4.69, 9.17) is 10.5 Å². The van der Waals surface area contributed by atoms with Crippen molar-refractivity contribution in [2.24, 2.45) is 10.7 Å². The van der Waals surface area contributed by atoms with Crippen LogP contribution in [-0.4, -0.2) is 41.2 Å². The van der Waals surface area contributed by atoms with E-state index in [2.05, 4.69) is 20.0 Å². The monoisotopic (exact) mass is 490 g/mol. The van der Waals surface area contributed by atoms with Crippen LogP contribution in [-0.2, 0) is 10.3 Å². The Morgan fingerprint density at radius 3 is 2.44 bits per heavy atom. The van der Waals surface area contributed by atoms with Crippen LogP contribution >= 0.6 is 0 Å². The van der Waals surface area contributed by atoms with Crippen LogP contribution in [0.2, 0.25) is 0 Å². The van der Waals surface area contributed by atoms with E-state index in [-0.39, 0.29) is 17.1 Å². The minimum absolute atomic E-state index is 0.0595. The molecule has 7 nitrogen and oxygen atoms in total. The number of nitrogens with one attached hydrogen (secondary N) is 1. The highest BCUT2D eigenvalue weighted by Crippen LogP contribution is 2.51. The number of benzene rings is 1. The summed E-state index contributed by atoms with van der Waals surface area (Å²) in [5.41, 5.74) is 0.183. The largest absolute Gasteiger partial charge is 0.483 e. The molecule has 3 N–H and O–H groups in total. The number of aliphatic imine (C=N–C) groups is 1. The number of nitrogens with two attached hydrogens (primary N) is 1. The van der Waals surface area contributed by atoms with Crippen molar-refractivity contribution in [1.29, 1.82) is 0 Å². The molecule has 0 saturated heterocycles. The van der Waals surface area contributed by atoms with Crippen molar-refractivity contribution in [3.63, 3.8) is 0 Å². The zero-order chi connectivity index (χ0) is 25.5. The Kier molecular flexibility index (Phi) is 6.18. The second-order valence-electron chi connectivity index (χ2n) is 8.14. The van der Waals surface area contributed by atoms with E-state index in [1.54, 1.807) is 0 Å². The molecular formula is C21H20F6N4O3. The first-order chi connectivity index (χ1) is 15.6. The fourth-order valence-corrected chi connectivity index (χ4v) is 3.39. The number of nitrogens with zero attached hydrogens (tertiary/aromatic N) is 2. The topological polar surface area (TPSA) is 98.8 Å². The molecule has 0 spiro atoms. The number of rotatable bonds is 5. The zero-order valence-corrected chi connectivity index (χ0v) is 18.1. The number of amidine groups is 1. The summed E-state index contributed by atoms with van der Waals surface area (Å²) in [6, 6.07) is 4.66. The number of amides is 1. The Hall–Kier alpha value is -3.51. The first-order valence-corrected chi connectivity index (χ1v) is 9.75. The van der Waals surface area contributed by atoms with Gasteiger partial charge >= 0.3 is 12.1 Å². The molecule has 34 heavy (non-hydrogen) atoms. The molecule has 1 aromatic carbocycles. The van der Waals surface area contributed by atoms with Gasteiger partial charge in [0.15, 0.2) is 17.7 Å². The van der Waals surface area contributed by atoms with Gasteiger partial charge in [0, 0.05) is 11.3 Å². The molecule has 0 fully saturated rings. The summed E-state index contributed by atoms with van der Waals surface area (Å²) >= 11 is 0. The van der Waals surface area contributed by atoms with Crippen LogP contribution in [0.1, 0.15) is 36.8 Å². The summed E-state index contributed by atoms with van der Waals surface area (Å²) in [6.45, 7) is 1.64. The number of hydrogen-bond donors (Lipinski definition) is 2. The lowest BCUT2D eigenvalue weighted by molar-refractivity contribution is -0.207. The van der Waals surface area contributed by atoms with Crippen LogP contribution in [0.4, 0.5) is 32.0 Å². The predicted molar refractivity (Wildman–Crippen MR) is 109 cm³/mol. The van der Waals surface area contributed by atoms with Crippen LogP contribution in [0.3, 0.4) is 0 Å². The van der Waals surface area contributed by atoms with Crippen molar-refractivity contribution in [2.45, 2.75) is 44.0 Å². The maximum Gasteiger partial charge on any atom is 0.422 e. The van der Waals surface area contributed by atoms with E-state index in [0.29, 0.717) is 0 Å². The average molecular weight is 490 g/mol. The fourth-order valence-electron chi connectivity index (χ4n) is 3.39. The Morgan fingerprint density at radius 2 is 1.85 bits per heavy atom. The van der Waals surface area contributed by atoms with Crippen molar-refractivity contribution in [3.05, 3.63) is 53.6 Å². The number of hydrogen-bond acceptors (Lipinski definition) is 6. The minimum Gasteiger partial charge on any atom is -0.483 e. The second kappa shape index (κ2) is 8.37. The van der Waals surface area contributed by atoms with Gasteiger partial charge < -0.3 is 20.5 Å². The number of aromatic nitrogens is 1. The Balaban J connectivity index is 1.86. The van der Waals surface area contributed by atoms with Gasteiger partial charge in [0.2, 0.25) is 0 Å². The molecule has 3 rings (SSSR count). The molecule has 1 aliphatic rings. The Morgan fingerprint density at radius 1 is 1.18 bits per heavy atom. The van der Waals surface area contributed by atoms with Gasteiger partial charge in [0.25, 0.3) is 11.9 Å². The van der Waals surface area contributed by atoms with Gasteiger partial charge in [0.1, 0.15) is 17.3 Å². The standard InChI is InChI=1S/C21H20F6N4O3/c1-18(2)21(26,27)19(3,31-17(28)34-18)13-8-11(4-6-14(13)22)30-16(32)15-7-5-12(9-29-15)33-10-20(23,24)25/h4-9H,10H2,1-3H3,(H2,28,31)(H,30,32)/t19-/m1/s1. The molecular weight excluding hydrogens is 470 g/mol. The molecule has 1 aromatic heterocycles. The predicted octanol–water partition coefficient (Wildman–Crippen LogP) is 4.39. The quantitative estimate of drug-likeness (QED) is 0.606. The smallest absolute Gasteiger partial charge is 0.422 e. The summed E-state index contributed by atoms with van der Waals surface area (Å²) in [5.74, 6) is -5.77. The molecule has 0 unspecified atom stereocenters. The summed E-state index contributed by atoms with van der Waals surface area (Å²) in [5, 5.41) is 2.37. The molecule has 1 aliphatic heterocycles. The van der Waals surface area contributed by atoms with Crippen molar-refractivity contribution < 1.29 is 40.6 Å². The van der Waals surface area contributed by atoms with Crippen LogP contribution < -0.4 is 15.8 Å². The van der Waals surface area contributed by atoms with Gasteiger partial charge in [-0.05, 0) is 51.1 Å². The van der Waals surface area contributed by atoms with Gasteiger partial charge in [-0.15, -0.1) is 0 Å². The maximum absolute atomic E-state index is 15.3. The first-order valence-electron chi connectivity index (χ1n) is 9.75. The molecule has 1 atom stereocenters. The lowest BCUT2D eigenvalue weighted by atomic mass is 9.77. The van der Waals surface area contributed by atoms with Crippen molar-refractivity contribution in [2.75, 3.05) is 11.9 Å². The number of carbonyl (C=O) groups excluding carboxylic acids is 1.